The molecule has 3 aliphatic heterocycles. The van der Waals surface area contributed by atoms with Crippen molar-refractivity contribution in [1.82, 2.24) is 9.88 Å². The molecule has 68 heavy (non-hydrogen) atoms. The number of imide groups is 1. The van der Waals surface area contributed by atoms with Crippen LogP contribution >= 0.6 is 11.3 Å². The lowest BCUT2D eigenvalue weighted by molar-refractivity contribution is -0.177. The highest BCUT2D eigenvalue weighted by atomic mass is 32.1. The molecule has 4 aliphatic rings. The SMILES string of the molecule is COCCOC(=O)N1C(=O)[C@@]2(c3cc(C#CC4=CCCCC4)ccc31)[C@H](c1cccc(OCCO)c1)N1[C@H](c3ccccc3)[C@H](c3ccccc3)OC(=O)[C@H]1[C@@H]2C(=O)Nc1nc2ccccc2s1. The number of aliphatic hydroxyl groups is 1. The van der Waals surface area contributed by atoms with Crippen LogP contribution in [0.15, 0.2) is 139 Å². The molecule has 6 atom stereocenters. The number of ether oxygens (including phenoxy) is 4. The number of aromatic nitrogens is 1. The molecular formula is C54H48N4O9S. The Labute approximate surface area is 397 Å². The number of carbonyl (C=O) groups excluding carboxylic acids is 4. The summed E-state index contributed by atoms with van der Waals surface area (Å²) in [6.45, 7) is -0.373. The Bertz CT molecular complexity index is 2950. The van der Waals surface area contributed by atoms with Gasteiger partial charge < -0.3 is 29.4 Å². The van der Waals surface area contributed by atoms with Crippen LogP contribution in [-0.4, -0.2) is 78.4 Å². The van der Waals surface area contributed by atoms with E-state index < -0.39 is 59.4 Å². The van der Waals surface area contributed by atoms with Crippen LogP contribution in [0.1, 0.15) is 71.7 Å². The molecule has 0 unspecified atom stereocenters. The number of cyclic esters (lactones) is 1. The normalized spacial score (nSPS) is 23.0. The Morgan fingerprint density at radius 2 is 1.62 bits per heavy atom. The fourth-order valence-electron chi connectivity index (χ4n) is 10.4. The number of hydrogen-bond donors (Lipinski definition) is 2. The molecule has 0 bridgehead atoms. The highest BCUT2D eigenvalue weighted by Gasteiger charge is 2.76. The lowest BCUT2D eigenvalue weighted by Crippen LogP contribution is -2.54. The average molecular weight is 929 g/mol. The number of hydrogen-bond acceptors (Lipinski definition) is 12. The Morgan fingerprint density at radius 3 is 2.37 bits per heavy atom. The minimum absolute atomic E-state index is 0.0187. The van der Waals surface area contributed by atoms with E-state index in [1.165, 1.54) is 18.4 Å². The standard InChI is InChI=1S/C54H48N4O9S/c1-64-30-31-66-53(63)57-42-27-26-35(25-24-34-14-5-2-6-15-34)32-40(42)54(51(57)62)44(49(60)56-52-55-41-22-11-12-23-43(41)68-52)46-50(61)67-47(37-18-9-4-10-19-37)45(36-16-7-3-8-17-36)58(46)48(54)38-20-13-21-39(33-38)65-29-28-59/h3-4,7-14,16-23,26-27,32-33,44-48,59H,2,5-6,15,28-31H2,1H3,(H,55,56,60)/t44-,45-,46-,47+,48+,54-/m1/s1. The molecule has 14 heteroatoms. The van der Waals surface area contributed by atoms with Gasteiger partial charge in [-0.1, -0.05) is 114 Å². The number of esters is 1. The van der Waals surface area contributed by atoms with Crippen LogP contribution in [0.4, 0.5) is 15.6 Å². The monoisotopic (exact) mass is 928 g/mol. The van der Waals surface area contributed by atoms with E-state index in [-0.39, 0.29) is 37.2 Å². The van der Waals surface area contributed by atoms with Crippen molar-refractivity contribution in [2.24, 2.45) is 5.92 Å². The van der Waals surface area contributed by atoms with Crippen LogP contribution < -0.4 is 15.0 Å². The van der Waals surface area contributed by atoms with E-state index in [1.54, 1.807) is 36.4 Å². The van der Waals surface area contributed by atoms with Gasteiger partial charge in [0.1, 0.15) is 36.5 Å². The number of allylic oxidation sites excluding steroid dienone is 2. The van der Waals surface area contributed by atoms with Crippen molar-refractivity contribution in [3.8, 4) is 17.6 Å². The third-order valence-electron chi connectivity index (χ3n) is 13.2. The molecule has 4 heterocycles. The molecule has 5 aromatic carbocycles. The molecule has 2 fully saturated rings. The highest BCUT2D eigenvalue weighted by molar-refractivity contribution is 7.22. The number of morpholine rings is 1. The van der Waals surface area contributed by atoms with Crippen molar-refractivity contribution >= 4 is 56.2 Å². The van der Waals surface area contributed by atoms with Crippen LogP contribution in [0.2, 0.25) is 0 Å². The van der Waals surface area contributed by atoms with Gasteiger partial charge in [-0.2, -0.15) is 0 Å². The van der Waals surface area contributed by atoms with E-state index in [4.69, 9.17) is 23.9 Å². The minimum Gasteiger partial charge on any atom is -0.491 e. The molecule has 1 aliphatic carbocycles. The maximum atomic E-state index is 16.5. The average Bonchev–Trinajstić information content (AvgIpc) is 4.01. The van der Waals surface area contributed by atoms with Crippen molar-refractivity contribution in [3.63, 3.8) is 0 Å². The first-order valence-corrected chi connectivity index (χ1v) is 23.6. The van der Waals surface area contributed by atoms with Crippen molar-refractivity contribution in [2.75, 3.05) is 43.8 Å². The Balaban J connectivity index is 1.27. The van der Waals surface area contributed by atoms with Crippen LogP contribution in [0.25, 0.3) is 10.2 Å². The number of anilines is 2. The van der Waals surface area contributed by atoms with Gasteiger partial charge in [0.25, 0.3) is 0 Å². The molecule has 0 radical (unpaired) electrons. The Morgan fingerprint density at radius 1 is 0.853 bits per heavy atom. The maximum absolute atomic E-state index is 16.5. The van der Waals surface area contributed by atoms with Gasteiger partial charge in [-0.25, -0.2) is 14.7 Å². The lowest BCUT2D eigenvalue weighted by Gasteiger charge is -2.46. The topological polar surface area (TPSA) is 157 Å². The molecule has 344 valence electrons. The minimum atomic E-state index is -2.06. The fraction of sp³-hybridized carbons (Fsp3) is 0.278. The summed E-state index contributed by atoms with van der Waals surface area (Å²) in [7, 11) is 1.47. The molecule has 2 saturated heterocycles. The van der Waals surface area contributed by atoms with Gasteiger partial charge in [-0.05, 0) is 96.0 Å². The maximum Gasteiger partial charge on any atom is 0.421 e. The Hall–Kier alpha value is -7.15. The molecule has 1 aromatic heterocycles. The van der Waals surface area contributed by atoms with Gasteiger partial charge in [0.2, 0.25) is 11.8 Å². The predicted molar refractivity (Wildman–Crippen MR) is 256 cm³/mol. The first-order chi connectivity index (χ1) is 33.3. The Kier molecular flexibility index (Phi) is 12.6. The summed E-state index contributed by atoms with van der Waals surface area (Å²) < 4.78 is 24.4. The molecular weight excluding hydrogens is 881 g/mol. The number of amides is 3. The van der Waals surface area contributed by atoms with Gasteiger partial charge in [-0.15, -0.1) is 0 Å². The van der Waals surface area contributed by atoms with Crippen molar-refractivity contribution in [3.05, 3.63) is 167 Å². The largest absolute Gasteiger partial charge is 0.491 e. The van der Waals surface area contributed by atoms with E-state index in [9.17, 15) is 9.90 Å². The van der Waals surface area contributed by atoms with Gasteiger partial charge in [0, 0.05) is 12.7 Å². The summed E-state index contributed by atoms with van der Waals surface area (Å²) in [5.74, 6) is 3.29. The number of nitrogens with zero attached hydrogens (tertiary/aromatic N) is 3. The zero-order valence-corrected chi connectivity index (χ0v) is 38.0. The molecule has 10 rings (SSSR count). The number of carbonyl (C=O) groups is 4. The van der Waals surface area contributed by atoms with E-state index in [1.807, 2.05) is 95.9 Å². The fourth-order valence-corrected chi connectivity index (χ4v) is 11.3. The number of aliphatic hydroxyl groups excluding tert-OH is 1. The summed E-state index contributed by atoms with van der Waals surface area (Å²) in [6, 6.07) is 35.3. The summed E-state index contributed by atoms with van der Waals surface area (Å²) >= 11 is 1.26. The summed E-state index contributed by atoms with van der Waals surface area (Å²) in [5.41, 5.74) is 2.57. The smallest absolute Gasteiger partial charge is 0.421 e. The van der Waals surface area contributed by atoms with Crippen molar-refractivity contribution in [2.45, 2.75) is 55.3 Å². The molecule has 0 saturated carbocycles. The van der Waals surface area contributed by atoms with Gasteiger partial charge in [0.05, 0.1) is 47.1 Å². The second kappa shape index (κ2) is 19.2. The second-order valence-corrected chi connectivity index (χ2v) is 18.1. The predicted octanol–water partition coefficient (Wildman–Crippen LogP) is 8.61. The van der Waals surface area contributed by atoms with Gasteiger partial charge in [-0.3, -0.25) is 19.3 Å². The van der Waals surface area contributed by atoms with Crippen molar-refractivity contribution in [1.29, 1.82) is 0 Å². The summed E-state index contributed by atoms with van der Waals surface area (Å²) in [5, 5.41) is 13.1. The van der Waals surface area contributed by atoms with Crippen LogP contribution in [0, 0.1) is 17.8 Å². The quantitative estimate of drug-likeness (QED) is 0.0729. The third-order valence-corrected chi connectivity index (χ3v) is 14.1. The molecule has 1 spiro atoms. The zero-order valence-electron chi connectivity index (χ0n) is 37.2. The molecule has 3 amide bonds. The zero-order chi connectivity index (χ0) is 46.8. The summed E-state index contributed by atoms with van der Waals surface area (Å²) in [4.78, 5) is 70.1. The van der Waals surface area contributed by atoms with E-state index in [0.717, 1.165) is 46.4 Å². The van der Waals surface area contributed by atoms with E-state index in [0.29, 0.717) is 33.5 Å². The number of benzene rings is 5. The number of para-hydroxylation sites is 1. The number of methoxy groups -OCH3 is 1. The molecule has 13 nitrogen and oxygen atoms in total. The van der Waals surface area contributed by atoms with E-state index >= 15 is 14.4 Å². The highest BCUT2D eigenvalue weighted by Crippen LogP contribution is 2.66. The van der Waals surface area contributed by atoms with Gasteiger partial charge in [0.15, 0.2) is 5.13 Å². The van der Waals surface area contributed by atoms with E-state index in [2.05, 4.69) is 23.2 Å². The van der Waals surface area contributed by atoms with Crippen LogP contribution in [0.3, 0.4) is 0 Å². The molecule has 2 N–H and O–H groups in total. The first kappa shape index (κ1) is 44.7. The first-order valence-electron chi connectivity index (χ1n) is 22.8. The van der Waals surface area contributed by atoms with Gasteiger partial charge >= 0.3 is 12.1 Å². The lowest BCUT2D eigenvalue weighted by atomic mass is 9.65. The number of fused-ring (bicyclic) bond motifs is 4. The third kappa shape index (κ3) is 8.01. The summed E-state index contributed by atoms with van der Waals surface area (Å²) in [6.07, 6.45) is 4.13. The van der Waals surface area contributed by atoms with Crippen molar-refractivity contribution < 1.29 is 43.2 Å². The van der Waals surface area contributed by atoms with Crippen LogP contribution in [-0.2, 0) is 34.0 Å². The van der Waals surface area contributed by atoms with Crippen LogP contribution in [0.5, 0.6) is 5.75 Å². The molecule has 6 aromatic rings. The second-order valence-electron chi connectivity index (χ2n) is 17.1. The number of rotatable bonds is 11. The number of nitrogens with one attached hydrogen (secondary N) is 1. The number of thiazole rings is 1.